The van der Waals surface area contributed by atoms with Gasteiger partial charge in [-0.05, 0) is 68.2 Å². The Balaban J connectivity index is 1.64. The first-order valence-corrected chi connectivity index (χ1v) is 10.3. The number of carbonyl (C=O) groups is 1. The van der Waals surface area contributed by atoms with Gasteiger partial charge in [-0.3, -0.25) is 4.79 Å². The van der Waals surface area contributed by atoms with E-state index in [-0.39, 0.29) is 16.7 Å². The van der Waals surface area contributed by atoms with Gasteiger partial charge in [-0.2, -0.15) is 0 Å². The summed E-state index contributed by atoms with van der Waals surface area (Å²) in [5.41, 5.74) is 8.84. The van der Waals surface area contributed by atoms with Gasteiger partial charge in [0.1, 0.15) is 5.75 Å². The number of nitrogens with zero attached hydrogens (tertiary/aromatic N) is 1. The van der Waals surface area contributed by atoms with E-state index in [0.29, 0.717) is 12.0 Å². The van der Waals surface area contributed by atoms with Gasteiger partial charge in [0.2, 0.25) is 0 Å². The van der Waals surface area contributed by atoms with Gasteiger partial charge in [-0.15, -0.1) is 0 Å². The number of hydrogen-bond acceptors (Lipinski definition) is 3. The van der Waals surface area contributed by atoms with E-state index in [1.54, 1.807) is 6.07 Å². The number of allylic oxidation sites excluding steroid dienone is 2. The van der Waals surface area contributed by atoms with Crippen LogP contribution in [0.3, 0.4) is 0 Å². The number of benzene rings is 1. The zero-order chi connectivity index (χ0) is 18.8. The maximum Gasteiger partial charge on any atom is 0.252 e. The van der Waals surface area contributed by atoms with Gasteiger partial charge in [0.05, 0.1) is 5.56 Å². The summed E-state index contributed by atoms with van der Waals surface area (Å²) < 4.78 is 0. The summed E-state index contributed by atoms with van der Waals surface area (Å²) >= 11 is 0. The van der Waals surface area contributed by atoms with Crippen molar-refractivity contribution in [2.75, 3.05) is 6.54 Å². The van der Waals surface area contributed by atoms with E-state index < -0.39 is 5.91 Å². The van der Waals surface area contributed by atoms with Crippen molar-refractivity contribution < 1.29 is 9.90 Å². The third kappa shape index (κ3) is 2.38. The molecule has 2 bridgehead atoms. The van der Waals surface area contributed by atoms with Crippen molar-refractivity contribution in [2.24, 2.45) is 17.6 Å². The molecule has 0 spiro atoms. The molecule has 1 aromatic rings. The summed E-state index contributed by atoms with van der Waals surface area (Å²) in [6.07, 6.45) is 12.6. The number of primary amides is 1. The summed E-state index contributed by atoms with van der Waals surface area (Å²) in [4.78, 5) is 14.4. The zero-order valence-electron chi connectivity index (χ0n) is 15.8. The molecule has 4 nitrogen and oxygen atoms in total. The number of nitrogens with two attached hydrogens (primary N) is 1. The molecule has 1 heterocycles. The normalized spacial score (nSPS) is 31.9. The van der Waals surface area contributed by atoms with Crippen LogP contribution in [0.5, 0.6) is 5.75 Å². The van der Waals surface area contributed by atoms with Gasteiger partial charge >= 0.3 is 0 Å². The number of fused-ring (bicyclic) bond motifs is 1. The topological polar surface area (TPSA) is 66.6 Å². The van der Waals surface area contributed by atoms with Crippen LogP contribution in [0.15, 0.2) is 36.6 Å². The van der Waals surface area contributed by atoms with E-state index in [1.165, 1.54) is 24.8 Å². The Morgan fingerprint density at radius 1 is 1.33 bits per heavy atom. The zero-order valence-corrected chi connectivity index (χ0v) is 15.8. The van der Waals surface area contributed by atoms with Crippen LogP contribution < -0.4 is 5.73 Å². The minimum atomic E-state index is -0.564. The molecule has 3 aliphatic carbocycles. The molecule has 0 radical (unpaired) electrons. The van der Waals surface area contributed by atoms with Gasteiger partial charge in [-0.1, -0.05) is 30.7 Å². The van der Waals surface area contributed by atoms with E-state index in [4.69, 9.17) is 5.73 Å². The fraction of sp³-hybridized carbons (Fsp3) is 0.522. The second kappa shape index (κ2) is 5.88. The molecule has 3 atom stereocenters. The smallest absolute Gasteiger partial charge is 0.252 e. The lowest BCUT2D eigenvalue weighted by atomic mass is 9.53. The third-order valence-electron chi connectivity index (χ3n) is 7.58. The summed E-state index contributed by atoms with van der Waals surface area (Å²) in [5, 5.41) is 11.0. The highest BCUT2D eigenvalue weighted by molar-refractivity contribution is 5.96. The highest BCUT2D eigenvalue weighted by atomic mass is 16.3. The predicted octanol–water partition coefficient (Wildman–Crippen LogP) is 3.64. The standard InChI is InChI=1S/C23H28N2O2/c1-14-5-8-18-19-11-16-6-7-17(22(24)27)21(26)20(16)23(18,12-14)9-10-25(19)13-15-3-2-4-15/h6-7,9-10,15,18-19,26H,1-5,8,11-13H2,(H2,24,27)/t18-,19+,23-/m0/s1. The number of phenols is 1. The number of amides is 1. The molecule has 142 valence electrons. The van der Waals surface area contributed by atoms with Crippen molar-refractivity contribution in [3.05, 3.63) is 53.3 Å². The molecule has 27 heavy (non-hydrogen) atoms. The van der Waals surface area contributed by atoms with Crippen molar-refractivity contribution in [2.45, 2.75) is 56.4 Å². The molecule has 4 heteroatoms. The van der Waals surface area contributed by atoms with E-state index in [0.717, 1.165) is 49.3 Å². The largest absolute Gasteiger partial charge is 0.507 e. The van der Waals surface area contributed by atoms with E-state index in [2.05, 4.69) is 23.8 Å². The van der Waals surface area contributed by atoms with Crippen LogP contribution in [0.2, 0.25) is 0 Å². The maximum atomic E-state index is 11.8. The monoisotopic (exact) mass is 364 g/mol. The first-order valence-electron chi connectivity index (χ1n) is 10.3. The molecule has 5 rings (SSSR count). The van der Waals surface area contributed by atoms with Crippen molar-refractivity contribution in [3.63, 3.8) is 0 Å². The second-order valence-electron chi connectivity index (χ2n) is 9.05. The van der Waals surface area contributed by atoms with E-state index in [1.807, 2.05) is 6.07 Å². The van der Waals surface area contributed by atoms with Crippen LogP contribution >= 0.6 is 0 Å². The predicted molar refractivity (Wildman–Crippen MR) is 105 cm³/mol. The van der Waals surface area contributed by atoms with Gasteiger partial charge in [-0.25, -0.2) is 0 Å². The Kier molecular flexibility index (Phi) is 3.68. The van der Waals surface area contributed by atoms with Crippen molar-refractivity contribution in [1.29, 1.82) is 0 Å². The summed E-state index contributed by atoms with van der Waals surface area (Å²) in [6, 6.07) is 4.17. The molecule has 0 saturated heterocycles. The molecule has 1 amide bonds. The summed E-state index contributed by atoms with van der Waals surface area (Å²) in [6.45, 7) is 5.42. The fourth-order valence-electron chi connectivity index (χ4n) is 6.07. The summed E-state index contributed by atoms with van der Waals surface area (Å²) in [7, 11) is 0. The van der Waals surface area contributed by atoms with Gasteiger partial charge < -0.3 is 15.7 Å². The van der Waals surface area contributed by atoms with Crippen LogP contribution in [0.25, 0.3) is 0 Å². The minimum Gasteiger partial charge on any atom is -0.507 e. The van der Waals surface area contributed by atoms with Crippen molar-refractivity contribution >= 4 is 5.91 Å². The third-order valence-corrected chi connectivity index (χ3v) is 7.58. The van der Waals surface area contributed by atoms with E-state index in [9.17, 15) is 9.90 Å². The van der Waals surface area contributed by atoms with Crippen molar-refractivity contribution in [3.8, 4) is 5.75 Å². The van der Waals surface area contributed by atoms with Crippen LogP contribution in [0.4, 0.5) is 0 Å². The number of rotatable bonds is 3. The quantitative estimate of drug-likeness (QED) is 0.805. The Labute approximate surface area is 160 Å². The highest BCUT2D eigenvalue weighted by Gasteiger charge is 2.54. The molecule has 0 aromatic heterocycles. The number of aromatic hydroxyl groups is 1. The molecule has 0 unspecified atom stereocenters. The van der Waals surface area contributed by atoms with Gasteiger partial charge in [0.25, 0.3) is 5.91 Å². The van der Waals surface area contributed by atoms with Crippen LogP contribution in [0, 0.1) is 11.8 Å². The Morgan fingerprint density at radius 3 is 2.85 bits per heavy atom. The molecule has 1 aromatic carbocycles. The lowest BCUT2D eigenvalue weighted by Gasteiger charge is -2.57. The molecular formula is C23H28N2O2. The Morgan fingerprint density at radius 2 is 2.15 bits per heavy atom. The number of hydrogen-bond donors (Lipinski definition) is 2. The average molecular weight is 364 g/mol. The highest BCUT2D eigenvalue weighted by Crippen LogP contribution is 2.58. The minimum absolute atomic E-state index is 0.0928. The lowest BCUT2D eigenvalue weighted by molar-refractivity contribution is 0.0674. The summed E-state index contributed by atoms with van der Waals surface area (Å²) in [5.74, 6) is 0.809. The molecule has 1 aliphatic heterocycles. The average Bonchev–Trinajstić information content (AvgIpc) is 2.58. The van der Waals surface area contributed by atoms with Gasteiger partial charge in [0.15, 0.2) is 0 Å². The maximum absolute atomic E-state index is 11.8. The van der Waals surface area contributed by atoms with Gasteiger partial charge in [0, 0.05) is 23.6 Å². The number of carbonyl (C=O) groups excluding carboxylic acids is 1. The lowest BCUT2D eigenvalue weighted by Crippen LogP contribution is -2.57. The van der Waals surface area contributed by atoms with Crippen molar-refractivity contribution in [1.82, 2.24) is 4.90 Å². The Hall–Kier alpha value is -2.23. The SMILES string of the molecule is C=C1CC[C@H]2[C@H]3Cc4ccc(C(N)=O)c(O)c4[C@@]2(C=CN3CC2CCC2)C1. The van der Waals surface area contributed by atoms with Crippen LogP contribution in [0.1, 0.15) is 60.0 Å². The fourth-order valence-corrected chi connectivity index (χ4v) is 6.07. The molecular weight excluding hydrogens is 336 g/mol. The van der Waals surface area contributed by atoms with Crippen LogP contribution in [-0.2, 0) is 11.8 Å². The molecule has 2 saturated carbocycles. The molecule has 4 aliphatic rings. The molecule has 2 fully saturated rings. The first-order chi connectivity index (χ1) is 13.0. The van der Waals surface area contributed by atoms with Crippen LogP contribution in [-0.4, -0.2) is 28.5 Å². The molecule has 3 N–H and O–H groups in total. The second-order valence-corrected chi connectivity index (χ2v) is 9.05. The first kappa shape index (κ1) is 16.9. The Bertz CT molecular complexity index is 854. The van der Waals surface area contributed by atoms with E-state index >= 15 is 0 Å².